The fraction of sp³-hybridized carbons (Fsp3) is 0.222. The van der Waals surface area contributed by atoms with Crippen LogP contribution in [-0.2, 0) is 26.3 Å². The molecule has 0 spiro atoms. The third-order valence-electron chi connectivity index (χ3n) is 3.77. The Morgan fingerprint density at radius 1 is 1.00 bits per heavy atom. The van der Waals surface area contributed by atoms with Crippen LogP contribution < -0.4 is 15.4 Å². The molecule has 0 aliphatic rings. The third-order valence-corrected chi connectivity index (χ3v) is 4.26. The van der Waals surface area contributed by atoms with Gasteiger partial charge in [0.2, 0.25) is 11.8 Å². The van der Waals surface area contributed by atoms with Crippen LogP contribution in [0.1, 0.15) is 23.6 Å². The molecule has 1 unspecified atom stereocenters. The summed E-state index contributed by atoms with van der Waals surface area (Å²) in [6, 6.07) is 14.6. The molecule has 0 saturated heterocycles. The highest BCUT2D eigenvalue weighted by Crippen LogP contribution is 2.20. The molecule has 1 atom stereocenters. The number of amides is 2. The molecule has 2 amide bonds. The molecule has 27 heavy (non-hydrogen) atoms. The van der Waals surface area contributed by atoms with Crippen molar-refractivity contribution in [2.75, 3.05) is 11.8 Å². The highest BCUT2D eigenvalue weighted by Gasteiger charge is 2.18. The summed E-state index contributed by atoms with van der Waals surface area (Å²) in [5.41, 5.74) is 1.64. The molecule has 0 saturated carbocycles. The van der Waals surface area contributed by atoms with Crippen LogP contribution in [0, 0.1) is 0 Å². The minimum Gasteiger partial charge on any atom is -0.359 e. The predicted molar refractivity (Wildman–Crippen MR) is 101 cm³/mol. The number of anilines is 1. The van der Waals surface area contributed by atoms with E-state index in [0.29, 0.717) is 5.56 Å². The fourth-order valence-corrected chi connectivity index (χ4v) is 2.93. The van der Waals surface area contributed by atoms with Crippen LogP contribution in [0.2, 0.25) is 0 Å². The number of nitrogens with one attached hydrogen (secondary N) is 3. The Bertz CT molecular complexity index is 883. The lowest BCUT2D eigenvalue weighted by Gasteiger charge is -2.19. The van der Waals surface area contributed by atoms with Gasteiger partial charge in [0, 0.05) is 7.05 Å². The summed E-state index contributed by atoms with van der Waals surface area (Å²) < 4.78 is 32.5. The maximum absolute atomic E-state index is 12.4. The zero-order valence-corrected chi connectivity index (χ0v) is 15.5. The molecule has 0 bridgehead atoms. The monoisotopic (exact) mass is 391 g/mol. The largest absolute Gasteiger partial charge is 0.359 e. The number of carbonyl (C=O) groups is 2. The van der Waals surface area contributed by atoms with E-state index >= 15 is 0 Å². The van der Waals surface area contributed by atoms with E-state index in [4.69, 9.17) is 4.55 Å². The van der Waals surface area contributed by atoms with Gasteiger partial charge in [-0.3, -0.25) is 18.9 Å². The molecule has 9 heteroatoms. The van der Waals surface area contributed by atoms with Gasteiger partial charge >= 0.3 is 10.3 Å². The minimum atomic E-state index is -4.37. The van der Waals surface area contributed by atoms with Gasteiger partial charge in [-0.2, -0.15) is 8.42 Å². The minimum absolute atomic E-state index is 0.0299. The number of hydrogen-bond acceptors (Lipinski definition) is 4. The normalized spacial score (nSPS) is 12.1. The quantitative estimate of drug-likeness (QED) is 0.507. The average molecular weight is 391 g/mol. The smallest absolute Gasteiger partial charge is 0.357 e. The zero-order valence-electron chi connectivity index (χ0n) is 14.7. The highest BCUT2D eigenvalue weighted by molar-refractivity contribution is 7.87. The molecule has 4 N–H and O–H groups in total. The molecule has 0 radical (unpaired) electrons. The van der Waals surface area contributed by atoms with E-state index in [1.807, 2.05) is 35.1 Å². The highest BCUT2D eigenvalue weighted by atomic mass is 32.2. The summed E-state index contributed by atoms with van der Waals surface area (Å²) in [6.07, 6.45) is 0.204. The molecule has 0 aliphatic carbocycles. The van der Waals surface area contributed by atoms with Gasteiger partial charge in [0.25, 0.3) is 0 Å². The van der Waals surface area contributed by atoms with Crippen molar-refractivity contribution in [1.29, 1.82) is 0 Å². The van der Waals surface area contributed by atoms with E-state index in [-0.39, 0.29) is 30.3 Å². The first-order chi connectivity index (χ1) is 12.8. The van der Waals surface area contributed by atoms with Crippen LogP contribution in [0.25, 0.3) is 0 Å². The van der Waals surface area contributed by atoms with Crippen molar-refractivity contribution in [3.8, 4) is 0 Å². The first-order valence-electron chi connectivity index (χ1n) is 8.16. The second kappa shape index (κ2) is 9.15. The molecular formula is C18H21N3O5S. The van der Waals surface area contributed by atoms with Crippen molar-refractivity contribution in [2.24, 2.45) is 0 Å². The van der Waals surface area contributed by atoms with Gasteiger partial charge in [-0.15, -0.1) is 0 Å². The van der Waals surface area contributed by atoms with Crippen LogP contribution in [0.5, 0.6) is 0 Å². The van der Waals surface area contributed by atoms with Gasteiger partial charge in [-0.1, -0.05) is 42.5 Å². The Morgan fingerprint density at radius 2 is 1.63 bits per heavy atom. The number of rotatable bonds is 8. The molecular weight excluding hydrogens is 370 g/mol. The zero-order chi connectivity index (χ0) is 19.9. The number of benzene rings is 2. The van der Waals surface area contributed by atoms with Crippen molar-refractivity contribution in [3.05, 3.63) is 65.7 Å². The van der Waals surface area contributed by atoms with Crippen molar-refractivity contribution in [3.63, 3.8) is 0 Å². The van der Waals surface area contributed by atoms with Crippen LogP contribution in [0.15, 0.2) is 54.6 Å². The summed E-state index contributed by atoms with van der Waals surface area (Å²) in [5.74, 6) is -0.490. The molecule has 2 rings (SSSR count). The number of hydrogen-bond donors (Lipinski definition) is 4. The molecule has 0 fully saturated rings. The summed E-state index contributed by atoms with van der Waals surface area (Å²) in [5, 5.41) is 5.34. The van der Waals surface area contributed by atoms with Gasteiger partial charge < -0.3 is 10.6 Å². The van der Waals surface area contributed by atoms with Crippen LogP contribution >= 0.6 is 0 Å². The predicted octanol–water partition coefficient (Wildman–Crippen LogP) is 1.44. The second-order valence-electron chi connectivity index (χ2n) is 5.86. The Balaban J connectivity index is 2.13. The van der Waals surface area contributed by atoms with E-state index in [9.17, 15) is 18.0 Å². The van der Waals surface area contributed by atoms with Gasteiger partial charge in [-0.25, -0.2) is 0 Å². The Kier molecular flexibility index (Phi) is 6.91. The molecule has 0 heterocycles. The first kappa shape index (κ1) is 20.4. The lowest BCUT2D eigenvalue weighted by Crippen LogP contribution is -2.33. The van der Waals surface area contributed by atoms with Crippen molar-refractivity contribution < 1.29 is 22.6 Å². The van der Waals surface area contributed by atoms with Crippen molar-refractivity contribution in [2.45, 2.75) is 18.9 Å². The summed E-state index contributed by atoms with van der Waals surface area (Å²) in [4.78, 5) is 24.2. The summed E-state index contributed by atoms with van der Waals surface area (Å²) in [7, 11) is -2.87. The Hall–Kier alpha value is -2.91. The van der Waals surface area contributed by atoms with Gasteiger partial charge in [0.05, 0.1) is 24.6 Å². The lowest BCUT2D eigenvalue weighted by molar-refractivity contribution is -0.123. The molecule has 0 aliphatic heterocycles. The van der Waals surface area contributed by atoms with E-state index in [1.165, 1.54) is 19.2 Å². The Labute approximate surface area is 157 Å². The van der Waals surface area contributed by atoms with Gasteiger partial charge in [0.1, 0.15) is 0 Å². The van der Waals surface area contributed by atoms with Gasteiger partial charge in [0.15, 0.2) is 0 Å². The van der Waals surface area contributed by atoms with E-state index in [2.05, 4.69) is 10.6 Å². The summed E-state index contributed by atoms with van der Waals surface area (Å²) >= 11 is 0. The summed E-state index contributed by atoms with van der Waals surface area (Å²) in [6.45, 7) is 0. The molecule has 0 aromatic heterocycles. The maximum Gasteiger partial charge on any atom is 0.357 e. The van der Waals surface area contributed by atoms with E-state index in [0.717, 1.165) is 5.56 Å². The van der Waals surface area contributed by atoms with E-state index in [1.54, 1.807) is 12.1 Å². The van der Waals surface area contributed by atoms with E-state index < -0.39 is 16.3 Å². The SMILES string of the molecule is CNC(=O)CC(NC(=O)Cc1ccccc1)c1ccc(NS(=O)(=O)O)cc1. The van der Waals surface area contributed by atoms with Crippen molar-refractivity contribution in [1.82, 2.24) is 10.6 Å². The van der Waals surface area contributed by atoms with Crippen LogP contribution in [0.4, 0.5) is 5.69 Å². The maximum atomic E-state index is 12.4. The van der Waals surface area contributed by atoms with Crippen molar-refractivity contribution >= 4 is 27.8 Å². The lowest BCUT2D eigenvalue weighted by atomic mass is 10.0. The standard InChI is InChI=1S/C18H21N3O5S/c1-19-17(22)12-16(20-18(23)11-13-5-3-2-4-6-13)14-7-9-15(10-8-14)21-27(24,25)26/h2-10,16,21H,11-12H2,1H3,(H,19,22)(H,20,23)(H,24,25,26). The molecule has 144 valence electrons. The fourth-order valence-electron chi connectivity index (χ4n) is 2.50. The van der Waals surface area contributed by atoms with Crippen LogP contribution in [-0.4, -0.2) is 31.8 Å². The third kappa shape index (κ3) is 7.08. The topological polar surface area (TPSA) is 125 Å². The average Bonchev–Trinajstić information content (AvgIpc) is 2.61. The molecule has 8 nitrogen and oxygen atoms in total. The molecule has 2 aromatic carbocycles. The molecule has 2 aromatic rings. The Morgan fingerprint density at radius 3 is 2.19 bits per heavy atom. The first-order valence-corrected chi connectivity index (χ1v) is 9.60. The van der Waals surface area contributed by atoms with Crippen LogP contribution in [0.3, 0.4) is 0 Å². The number of carbonyl (C=O) groups excluding carboxylic acids is 2. The second-order valence-corrected chi connectivity index (χ2v) is 7.01. The van der Waals surface area contributed by atoms with Gasteiger partial charge in [-0.05, 0) is 23.3 Å².